The second-order valence-electron chi connectivity index (χ2n) is 6.52. The lowest BCUT2D eigenvalue weighted by Crippen LogP contribution is -2.39. The molecule has 1 N–H and O–H groups in total. The van der Waals surface area contributed by atoms with Crippen LogP contribution in [0, 0.1) is 5.41 Å². The average molecular weight is 276 g/mol. The largest absolute Gasteiger partial charge is 0.373 e. The van der Waals surface area contributed by atoms with Gasteiger partial charge >= 0.3 is 0 Å². The monoisotopic (exact) mass is 276 g/mol. The van der Waals surface area contributed by atoms with E-state index in [1.807, 2.05) is 7.05 Å². The van der Waals surface area contributed by atoms with Gasteiger partial charge in [0.15, 0.2) is 0 Å². The van der Waals surface area contributed by atoms with Gasteiger partial charge in [-0.05, 0) is 24.2 Å². The lowest BCUT2D eigenvalue weighted by atomic mass is 9.78. The molecule has 20 heavy (non-hydrogen) atoms. The molecule has 0 amide bonds. The van der Waals surface area contributed by atoms with E-state index in [2.05, 4.69) is 47.9 Å². The van der Waals surface area contributed by atoms with Crippen molar-refractivity contribution in [3.63, 3.8) is 0 Å². The van der Waals surface area contributed by atoms with Crippen molar-refractivity contribution < 1.29 is 0 Å². The predicted molar refractivity (Wildman–Crippen MR) is 85.5 cm³/mol. The van der Waals surface area contributed by atoms with Crippen LogP contribution < -0.4 is 10.2 Å². The molecular formula is C16H28N4. The fourth-order valence-corrected chi connectivity index (χ4v) is 2.98. The van der Waals surface area contributed by atoms with Crippen molar-refractivity contribution in [3.8, 4) is 0 Å². The standard InChI is InChI=1S/C16H28N4/c1-6-16(4)7-9-20(10-8-16)15-13(12(2)3)14(17-5)18-11-19-15/h11-12H,6-10H2,1-5H3,(H,17,18,19). The van der Waals surface area contributed by atoms with Gasteiger partial charge in [0.25, 0.3) is 0 Å². The van der Waals surface area contributed by atoms with E-state index >= 15 is 0 Å². The van der Waals surface area contributed by atoms with Crippen molar-refractivity contribution in [2.24, 2.45) is 5.41 Å². The maximum Gasteiger partial charge on any atom is 0.137 e. The Morgan fingerprint density at radius 1 is 1.30 bits per heavy atom. The molecule has 4 heteroatoms. The van der Waals surface area contributed by atoms with Crippen molar-refractivity contribution in [1.82, 2.24) is 9.97 Å². The molecule has 1 aliphatic rings. The molecule has 0 atom stereocenters. The first-order valence-electron chi connectivity index (χ1n) is 7.78. The molecule has 0 aliphatic carbocycles. The van der Waals surface area contributed by atoms with Crippen LogP contribution in [0.5, 0.6) is 0 Å². The molecule has 1 aliphatic heterocycles. The van der Waals surface area contributed by atoms with Crippen LogP contribution in [0.3, 0.4) is 0 Å². The zero-order valence-electron chi connectivity index (χ0n) is 13.5. The first-order valence-corrected chi connectivity index (χ1v) is 7.78. The summed E-state index contributed by atoms with van der Waals surface area (Å²) in [5.74, 6) is 2.51. The average Bonchev–Trinajstić information content (AvgIpc) is 2.47. The van der Waals surface area contributed by atoms with Crippen LogP contribution in [0.15, 0.2) is 6.33 Å². The van der Waals surface area contributed by atoms with Crippen LogP contribution in [-0.2, 0) is 0 Å². The van der Waals surface area contributed by atoms with Gasteiger partial charge in [0, 0.05) is 25.7 Å². The van der Waals surface area contributed by atoms with E-state index in [9.17, 15) is 0 Å². The third kappa shape index (κ3) is 2.89. The van der Waals surface area contributed by atoms with Crippen molar-refractivity contribution in [3.05, 3.63) is 11.9 Å². The summed E-state index contributed by atoms with van der Waals surface area (Å²) >= 11 is 0. The van der Waals surface area contributed by atoms with Crippen LogP contribution >= 0.6 is 0 Å². The number of rotatable bonds is 4. The molecule has 1 aromatic heterocycles. The van der Waals surface area contributed by atoms with Crippen LogP contribution in [0.25, 0.3) is 0 Å². The van der Waals surface area contributed by atoms with Gasteiger partial charge in [-0.3, -0.25) is 0 Å². The van der Waals surface area contributed by atoms with E-state index in [1.54, 1.807) is 6.33 Å². The summed E-state index contributed by atoms with van der Waals surface area (Å²) in [5, 5.41) is 3.21. The Labute approximate surface area is 123 Å². The van der Waals surface area contributed by atoms with Crippen LogP contribution in [0.2, 0.25) is 0 Å². The number of aromatic nitrogens is 2. The van der Waals surface area contributed by atoms with Crippen molar-refractivity contribution >= 4 is 11.6 Å². The molecule has 0 aromatic carbocycles. The number of anilines is 2. The third-order valence-electron chi connectivity index (χ3n) is 4.80. The van der Waals surface area contributed by atoms with Gasteiger partial charge in [0.05, 0.1) is 0 Å². The molecular weight excluding hydrogens is 248 g/mol. The molecule has 1 saturated heterocycles. The molecule has 1 fully saturated rings. The van der Waals surface area contributed by atoms with Crippen molar-refractivity contribution in [1.29, 1.82) is 0 Å². The second kappa shape index (κ2) is 5.98. The lowest BCUT2D eigenvalue weighted by molar-refractivity contribution is 0.237. The molecule has 0 unspecified atom stereocenters. The van der Waals surface area contributed by atoms with E-state index in [1.165, 1.54) is 24.8 Å². The first kappa shape index (κ1) is 15.1. The zero-order valence-corrected chi connectivity index (χ0v) is 13.5. The lowest BCUT2D eigenvalue weighted by Gasteiger charge is -2.40. The summed E-state index contributed by atoms with van der Waals surface area (Å²) in [7, 11) is 1.93. The summed E-state index contributed by atoms with van der Waals surface area (Å²) in [5.41, 5.74) is 1.75. The van der Waals surface area contributed by atoms with Gasteiger partial charge in [-0.2, -0.15) is 0 Å². The molecule has 0 spiro atoms. The highest BCUT2D eigenvalue weighted by Crippen LogP contribution is 2.38. The Balaban J connectivity index is 2.26. The zero-order chi connectivity index (χ0) is 14.8. The van der Waals surface area contributed by atoms with Gasteiger partial charge in [0.2, 0.25) is 0 Å². The third-order valence-corrected chi connectivity index (χ3v) is 4.80. The van der Waals surface area contributed by atoms with Gasteiger partial charge < -0.3 is 10.2 Å². The van der Waals surface area contributed by atoms with Gasteiger partial charge in [-0.15, -0.1) is 0 Å². The summed E-state index contributed by atoms with van der Waals surface area (Å²) < 4.78 is 0. The van der Waals surface area contributed by atoms with E-state index in [0.29, 0.717) is 11.3 Å². The number of hydrogen-bond acceptors (Lipinski definition) is 4. The maximum atomic E-state index is 4.58. The first-order chi connectivity index (χ1) is 9.50. The highest BCUT2D eigenvalue weighted by atomic mass is 15.2. The molecule has 0 bridgehead atoms. The Hall–Kier alpha value is -1.32. The fraction of sp³-hybridized carbons (Fsp3) is 0.750. The maximum absolute atomic E-state index is 4.58. The summed E-state index contributed by atoms with van der Waals surface area (Å²) in [6.07, 6.45) is 5.45. The summed E-state index contributed by atoms with van der Waals surface area (Å²) in [4.78, 5) is 11.4. The Kier molecular flexibility index (Phi) is 4.51. The Bertz CT molecular complexity index is 448. The molecule has 2 rings (SSSR count). The van der Waals surface area contributed by atoms with E-state index in [4.69, 9.17) is 0 Å². The predicted octanol–water partition coefficient (Wildman–Crippen LogP) is 3.66. The van der Waals surface area contributed by atoms with Gasteiger partial charge in [-0.1, -0.05) is 34.1 Å². The quantitative estimate of drug-likeness (QED) is 0.911. The highest BCUT2D eigenvalue weighted by Gasteiger charge is 2.30. The summed E-state index contributed by atoms with van der Waals surface area (Å²) in [6, 6.07) is 0. The minimum absolute atomic E-state index is 0.424. The van der Waals surface area contributed by atoms with Crippen molar-refractivity contribution in [2.45, 2.75) is 52.9 Å². The Morgan fingerprint density at radius 3 is 2.45 bits per heavy atom. The fourth-order valence-electron chi connectivity index (χ4n) is 2.98. The number of nitrogens with zero attached hydrogens (tertiary/aromatic N) is 3. The van der Waals surface area contributed by atoms with Crippen LogP contribution in [0.4, 0.5) is 11.6 Å². The molecule has 1 aromatic rings. The summed E-state index contributed by atoms with van der Waals surface area (Å²) in [6.45, 7) is 11.3. The minimum atomic E-state index is 0.424. The number of hydrogen-bond donors (Lipinski definition) is 1. The highest BCUT2D eigenvalue weighted by molar-refractivity contribution is 5.60. The van der Waals surface area contributed by atoms with E-state index < -0.39 is 0 Å². The van der Waals surface area contributed by atoms with Crippen molar-refractivity contribution in [2.75, 3.05) is 30.4 Å². The van der Waals surface area contributed by atoms with E-state index in [0.717, 1.165) is 24.7 Å². The molecule has 4 nitrogen and oxygen atoms in total. The topological polar surface area (TPSA) is 41.1 Å². The van der Waals surface area contributed by atoms with E-state index in [-0.39, 0.29) is 0 Å². The normalized spacial score (nSPS) is 18.4. The number of piperidine rings is 1. The molecule has 2 heterocycles. The molecule has 0 saturated carbocycles. The SMILES string of the molecule is CCC1(C)CCN(c2ncnc(NC)c2C(C)C)CC1. The minimum Gasteiger partial charge on any atom is -0.373 e. The molecule has 112 valence electrons. The van der Waals surface area contributed by atoms with Crippen LogP contribution in [0.1, 0.15) is 58.4 Å². The number of nitrogens with one attached hydrogen (secondary N) is 1. The smallest absolute Gasteiger partial charge is 0.137 e. The second-order valence-corrected chi connectivity index (χ2v) is 6.52. The Morgan fingerprint density at radius 2 is 1.95 bits per heavy atom. The molecule has 0 radical (unpaired) electrons. The van der Waals surface area contributed by atoms with Crippen LogP contribution in [-0.4, -0.2) is 30.1 Å². The van der Waals surface area contributed by atoms with Gasteiger partial charge in [0.1, 0.15) is 18.0 Å². The van der Waals surface area contributed by atoms with Gasteiger partial charge in [-0.25, -0.2) is 9.97 Å².